The van der Waals surface area contributed by atoms with Crippen LogP contribution in [0.5, 0.6) is 0 Å². The van der Waals surface area contributed by atoms with Crippen molar-refractivity contribution in [3.05, 3.63) is 115 Å². The van der Waals surface area contributed by atoms with Crippen molar-refractivity contribution in [2.75, 3.05) is 31.1 Å². The summed E-state index contributed by atoms with van der Waals surface area (Å²) in [6.07, 6.45) is 8.54. The first-order valence-corrected chi connectivity index (χ1v) is 18.4. The topological polar surface area (TPSA) is 115 Å². The molecule has 1 amide bonds. The predicted molar refractivity (Wildman–Crippen MR) is 198 cm³/mol. The quantitative estimate of drug-likeness (QED) is 0.172. The maximum absolute atomic E-state index is 14.0. The van der Waals surface area contributed by atoms with Gasteiger partial charge in [-0.15, -0.1) is 0 Å². The fourth-order valence-electron chi connectivity index (χ4n) is 6.24. The highest BCUT2D eigenvalue weighted by atomic mass is 32.2. The molecular formula is C39H41N7O4S. The van der Waals surface area contributed by atoms with Crippen LogP contribution in [-0.4, -0.2) is 74.9 Å². The molecule has 0 radical (unpaired) electrons. The third-order valence-electron chi connectivity index (χ3n) is 9.12. The Bertz CT molecular complexity index is 2280. The zero-order chi connectivity index (χ0) is 35.9. The largest absolute Gasteiger partial charge is 0.444 e. The second kappa shape index (κ2) is 13.3. The standard InChI is InChI=1S/C39H41N7O4S/c1-27-11-14-33(15-12-27)51(48,49)46-26-35(32-24-42-45(25-32)28(2)29-9-7-6-8-10-29)34-21-31(23-41-37(34)46)30-13-16-36(40-22-30)43-17-19-44(20-18-43)38(47)50-39(3,4)5/h6-16,21-26,28H,17-20H2,1-5H3. The number of amides is 1. The van der Waals surface area contributed by atoms with Crippen molar-refractivity contribution in [3.8, 4) is 22.3 Å². The van der Waals surface area contributed by atoms with E-state index in [4.69, 9.17) is 14.7 Å². The van der Waals surface area contributed by atoms with Crippen LogP contribution >= 0.6 is 0 Å². The van der Waals surface area contributed by atoms with Gasteiger partial charge >= 0.3 is 6.09 Å². The van der Waals surface area contributed by atoms with Gasteiger partial charge in [-0.25, -0.2) is 27.2 Å². The number of aryl methyl sites for hydroxylation is 1. The molecule has 6 aromatic rings. The Labute approximate surface area is 298 Å². The summed E-state index contributed by atoms with van der Waals surface area (Å²) >= 11 is 0. The number of benzene rings is 2. The van der Waals surface area contributed by atoms with E-state index in [0.717, 1.165) is 33.6 Å². The number of aromatic nitrogens is 5. The van der Waals surface area contributed by atoms with E-state index in [9.17, 15) is 13.2 Å². The van der Waals surface area contributed by atoms with E-state index in [2.05, 4.69) is 29.1 Å². The van der Waals surface area contributed by atoms with Crippen LogP contribution in [0, 0.1) is 6.92 Å². The second-order valence-corrected chi connectivity index (χ2v) is 15.7. The zero-order valence-electron chi connectivity index (χ0n) is 29.4. The normalized spacial score (nSPS) is 14.5. The molecule has 0 spiro atoms. The number of piperazine rings is 1. The van der Waals surface area contributed by atoms with Crippen LogP contribution in [-0.2, 0) is 14.8 Å². The fraction of sp³-hybridized carbons (Fsp3) is 0.282. The lowest BCUT2D eigenvalue weighted by Crippen LogP contribution is -2.50. The molecule has 0 bridgehead atoms. The molecule has 11 nitrogen and oxygen atoms in total. The van der Waals surface area contributed by atoms with Gasteiger partial charge in [-0.2, -0.15) is 5.10 Å². The van der Waals surface area contributed by atoms with Crippen LogP contribution < -0.4 is 4.90 Å². The Hall–Kier alpha value is -5.49. The number of hydrogen-bond donors (Lipinski definition) is 0. The fourth-order valence-corrected chi connectivity index (χ4v) is 7.56. The van der Waals surface area contributed by atoms with Crippen LogP contribution in [0.4, 0.5) is 10.6 Å². The third-order valence-corrected chi connectivity index (χ3v) is 10.8. The number of carbonyl (C=O) groups excluding carboxylic acids is 1. The Kier molecular flexibility index (Phi) is 8.88. The zero-order valence-corrected chi connectivity index (χ0v) is 30.2. The minimum atomic E-state index is -3.96. The molecule has 1 fully saturated rings. The maximum atomic E-state index is 14.0. The van der Waals surface area contributed by atoms with E-state index in [0.29, 0.717) is 42.8 Å². The molecule has 1 saturated heterocycles. The Morgan fingerprint density at radius 3 is 2.20 bits per heavy atom. The summed E-state index contributed by atoms with van der Waals surface area (Å²) in [5.41, 5.74) is 4.99. The Balaban J connectivity index is 1.21. The summed E-state index contributed by atoms with van der Waals surface area (Å²) in [5, 5.41) is 5.35. The van der Waals surface area contributed by atoms with Gasteiger partial charge in [0.1, 0.15) is 11.4 Å². The number of fused-ring (bicyclic) bond motifs is 1. The molecule has 0 N–H and O–H groups in total. The van der Waals surface area contributed by atoms with Gasteiger partial charge in [0.25, 0.3) is 10.0 Å². The first kappa shape index (κ1) is 34.0. The number of hydrogen-bond acceptors (Lipinski definition) is 8. The van der Waals surface area contributed by atoms with E-state index >= 15 is 0 Å². The summed E-state index contributed by atoms with van der Waals surface area (Å²) in [7, 11) is -3.96. The van der Waals surface area contributed by atoms with Gasteiger partial charge in [-0.3, -0.25) is 4.68 Å². The molecule has 7 rings (SSSR count). The minimum absolute atomic E-state index is 0.0249. The average molecular weight is 704 g/mol. The lowest BCUT2D eigenvalue weighted by molar-refractivity contribution is 0.0240. The molecule has 1 aliphatic heterocycles. The molecule has 4 aromatic heterocycles. The lowest BCUT2D eigenvalue weighted by atomic mass is 10.1. The molecule has 1 aliphatic rings. The van der Waals surface area contributed by atoms with Gasteiger partial charge in [-0.1, -0.05) is 48.0 Å². The second-order valence-electron chi connectivity index (χ2n) is 13.9. The van der Waals surface area contributed by atoms with Gasteiger partial charge in [0.05, 0.1) is 17.1 Å². The smallest absolute Gasteiger partial charge is 0.410 e. The van der Waals surface area contributed by atoms with Crippen molar-refractivity contribution in [2.45, 2.75) is 51.2 Å². The minimum Gasteiger partial charge on any atom is -0.444 e. The Morgan fingerprint density at radius 1 is 0.824 bits per heavy atom. The highest BCUT2D eigenvalue weighted by Gasteiger charge is 2.27. The monoisotopic (exact) mass is 703 g/mol. The highest BCUT2D eigenvalue weighted by molar-refractivity contribution is 7.90. The average Bonchev–Trinajstić information content (AvgIpc) is 3.77. The number of anilines is 1. The van der Waals surface area contributed by atoms with Crippen molar-refractivity contribution in [2.24, 2.45) is 0 Å². The molecule has 2 aromatic carbocycles. The van der Waals surface area contributed by atoms with E-state index in [-0.39, 0.29) is 17.0 Å². The number of ether oxygens (including phenoxy) is 1. The molecular weight excluding hydrogens is 663 g/mol. The molecule has 262 valence electrons. The summed E-state index contributed by atoms with van der Waals surface area (Å²) in [4.78, 5) is 26.1. The van der Waals surface area contributed by atoms with Crippen molar-refractivity contribution in [1.29, 1.82) is 0 Å². The molecule has 1 unspecified atom stereocenters. The lowest BCUT2D eigenvalue weighted by Gasteiger charge is -2.36. The summed E-state index contributed by atoms with van der Waals surface area (Å²) < 4.78 is 36.7. The summed E-state index contributed by atoms with van der Waals surface area (Å²) in [5.74, 6) is 0.813. The molecule has 5 heterocycles. The van der Waals surface area contributed by atoms with E-state index in [1.54, 1.807) is 54.0 Å². The number of nitrogens with zero attached hydrogens (tertiary/aromatic N) is 7. The van der Waals surface area contributed by atoms with Crippen molar-refractivity contribution >= 4 is 33.0 Å². The van der Waals surface area contributed by atoms with E-state index < -0.39 is 15.6 Å². The van der Waals surface area contributed by atoms with Gasteiger partial charge in [0.15, 0.2) is 5.65 Å². The van der Waals surface area contributed by atoms with E-state index in [1.807, 2.05) is 75.0 Å². The summed E-state index contributed by atoms with van der Waals surface area (Å²) in [6.45, 7) is 12.0. The summed E-state index contributed by atoms with van der Waals surface area (Å²) in [6, 6.07) is 22.8. The van der Waals surface area contributed by atoms with Crippen molar-refractivity contribution in [3.63, 3.8) is 0 Å². The molecule has 51 heavy (non-hydrogen) atoms. The first-order valence-electron chi connectivity index (χ1n) is 17.0. The first-order chi connectivity index (χ1) is 24.4. The van der Waals surface area contributed by atoms with Crippen LogP contribution in [0.2, 0.25) is 0 Å². The molecule has 12 heteroatoms. The highest BCUT2D eigenvalue weighted by Crippen LogP contribution is 2.35. The SMILES string of the molecule is Cc1ccc(S(=O)(=O)n2cc(-c3cnn(C(C)c4ccccc4)c3)c3cc(-c4ccc(N5CCN(C(=O)OC(C)(C)C)CC5)nc4)cnc32)cc1. The van der Waals surface area contributed by atoms with Crippen LogP contribution in [0.25, 0.3) is 33.3 Å². The molecule has 1 atom stereocenters. The van der Waals surface area contributed by atoms with Crippen LogP contribution in [0.15, 0.2) is 109 Å². The number of pyridine rings is 2. The van der Waals surface area contributed by atoms with E-state index in [1.165, 1.54) is 3.97 Å². The molecule has 0 aliphatic carbocycles. The van der Waals surface area contributed by atoms with Crippen molar-refractivity contribution in [1.82, 2.24) is 28.6 Å². The maximum Gasteiger partial charge on any atom is 0.410 e. The van der Waals surface area contributed by atoms with Crippen LogP contribution in [0.1, 0.15) is 44.9 Å². The van der Waals surface area contributed by atoms with Gasteiger partial charge in [-0.05, 0) is 70.5 Å². The molecule has 0 saturated carbocycles. The van der Waals surface area contributed by atoms with Gasteiger partial charge in [0.2, 0.25) is 0 Å². The third kappa shape index (κ3) is 6.96. The Morgan fingerprint density at radius 2 is 1.53 bits per heavy atom. The van der Waals surface area contributed by atoms with Crippen LogP contribution in [0.3, 0.4) is 0 Å². The van der Waals surface area contributed by atoms with Gasteiger partial charge < -0.3 is 14.5 Å². The van der Waals surface area contributed by atoms with Crippen molar-refractivity contribution < 1.29 is 17.9 Å². The van der Waals surface area contributed by atoms with Gasteiger partial charge in [0, 0.05) is 78.6 Å². The predicted octanol–water partition coefficient (Wildman–Crippen LogP) is 7.17. The number of carbonyl (C=O) groups is 1. The number of rotatable bonds is 7.